The Morgan fingerprint density at radius 2 is 1.50 bits per heavy atom. The van der Waals surface area contributed by atoms with Gasteiger partial charge in [-0.15, -0.1) is 0 Å². The smallest absolute Gasteiger partial charge is 0.416 e. The molecule has 36 heavy (non-hydrogen) atoms. The summed E-state index contributed by atoms with van der Waals surface area (Å²) >= 11 is 0. The van der Waals surface area contributed by atoms with Crippen molar-refractivity contribution in [3.63, 3.8) is 0 Å². The van der Waals surface area contributed by atoms with Crippen LogP contribution < -0.4 is 4.74 Å². The van der Waals surface area contributed by atoms with Gasteiger partial charge in [-0.3, -0.25) is 9.69 Å². The van der Waals surface area contributed by atoms with Crippen molar-refractivity contribution >= 4 is 5.91 Å². The molecule has 4 fully saturated rings. The molecule has 4 aliphatic rings. The van der Waals surface area contributed by atoms with Gasteiger partial charge in [0, 0.05) is 38.0 Å². The van der Waals surface area contributed by atoms with E-state index in [0.29, 0.717) is 49.1 Å². The zero-order valence-corrected chi connectivity index (χ0v) is 20.4. The summed E-state index contributed by atoms with van der Waals surface area (Å²) in [6.45, 7) is 3.26. The number of amides is 1. The monoisotopic (exact) mass is 498 g/mol. The first-order chi connectivity index (χ1) is 17.4. The van der Waals surface area contributed by atoms with Crippen molar-refractivity contribution in [2.24, 2.45) is 17.8 Å². The van der Waals surface area contributed by atoms with Gasteiger partial charge in [0.05, 0.1) is 12.1 Å². The van der Waals surface area contributed by atoms with Crippen LogP contribution in [0.4, 0.5) is 13.2 Å². The Labute approximate surface area is 210 Å². The second kappa shape index (κ2) is 9.40. The molecule has 2 saturated heterocycles. The minimum atomic E-state index is -4.35. The van der Waals surface area contributed by atoms with Gasteiger partial charge in [-0.2, -0.15) is 13.2 Å². The van der Waals surface area contributed by atoms with Gasteiger partial charge in [0.25, 0.3) is 0 Å². The normalized spacial score (nSPS) is 32.4. The van der Waals surface area contributed by atoms with E-state index in [4.69, 9.17) is 4.74 Å². The third-order valence-corrected chi connectivity index (χ3v) is 8.93. The first-order valence-electron chi connectivity index (χ1n) is 13.3. The third kappa shape index (κ3) is 4.74. The van der Waals surface area contributed by atoms with Crippen LogP contribution in [0.3, 0.4) is 0 Å². The summed E-state index contributed by atoms with van der Waals surface area (Å²) in [7, 11) is 0. The number of benzene rings is 2. The average Bonchev–Trinajstić information content (AvgIpc) is 3.20. The van der Waals surface area contributed by atoms with Crippen LogP contribution in [0.1, 0.15) is 49.1 Å². The number of alkyl halides is 3. The molecule has 2 aliphatic carbocycles. The van der Waals surface area contributed by atoms with Crippen molar-refractivity contribution in [2.75, 3.05) is 26.2 Å². The Morgan fingerprint density at radius 3 is 2.14 bits per heavy atom. The Kier molecular flexibility index (Phi) is 6.22. The molecule has 0 spiro atoms. The number of ether oxygens (including phenoxy) is 1. The lowest BCUT2D eigenvalue weighted by atomic mass is 9.81. The fourth-order valence-electron chi connectivity index (χ4n) is 6.87. The van der Waals surface area contributed by atoms with E-state index in [1.807, 2.05) is 4.90 Å². The van der Waals surface area contributed by atoms with Crippen LogP contribution in [0.5, 0.6) is 5.75 Å². The maximum atomic E-state index is 13.2. The first-order valence-corrected chi connectivity index (χ1v) is 13.3. The highest BCUT2D eigenvalue weighted by molar-refractivity contribution is 5.83. The van der Waals surface area contributed by atoms with Gasteiger partial charge in [0.15, 0.2) is 0 Å². The third-order valence-electron chi connectivity index (χ3n) is 8.93. The van der Waals surface area contributed by atoms with Crippen LogP contribution in [-0.2, 0) is 11.0 Å². The van der Waals surface area contributed by atoms with Gasteiger partial charge in [0.2, 0.25) is 5.91 Å². The summed E-state index contributed by atoms with van der Waals surface area (Å²) in [5, 5.41) is 0. The van der Waals surface area contributed by atoms with Gasteiger partial charge in [0.1, 0.15) is 11.9 Å². The van der Waals surface area contributed by atoms with Crippen molar-refractivity contribution in [1.82, 2.24) is 9.80 Å². The van der Waals surface area contributed by atoms with E-state index in [2.05, 4.69) is 35.2 Å². The van der Waals surface area contributed by atoms with Gasteiger partial charge < -0.3 is 9.64 Å². The van der Waals surface area contributed by atoms with E-state index < -0.39 is 11.7 Å². The van der Waals surface area contributed by atoms with Crippen LogP contribution >= 0.6 is 0 Å². The van der Waals surface area contributed by atoms with Crippen LogP contribution in [-0.4, -0.2) is 54.0 Å². The van der Waals surface area contributed by atoms with Crippen LogP contribution in [0.2, 0.25) is 0 Å². The van der Waals surface area contributed by atoms with E-state index in [1.54, 1.807) is 0 Å². The van der Waals surface area contributed by atoms with Crippen molar-refractivity contribution in [1.29, 1.82) is 0 Å². The number of hydrogen-bond donors (Lipinski definition) is 0. The molecule has 2 aromatic rings. The summed E-state index contributed by atoms with van der Waals surface area (Å²) in [4.78, 5) is 17.7. The molecular weight excluding hydrogens is 465 g/mol. The molecule has 1 amide bonds. The predicted molar refractivity (Wildman–Crippen MR) is 131 cm³/mol. The highest BCUT2D eigenvalue weighted by Crippen LogP contribution is 2.54. The maximum absolute atomic E-state index is 13.2. The largest absolute Gasteiger partial charge is 0.489 e. The zero-order valence-electron chi connectivity index (χ0n) is 20.4. The van der Waals surface area contributed by atoms with Crippen LogP contribution in [0, 0.1) is 17.8 Å². The zero-order chi connectivity index (χ0) is 24.9. The lowest BCUT2D eigenvalue weighted by Gasteiger charge is -2.36. The van der Waals surface area contributed by atoms with Gasteiger partial charge >= 0.3 is 6.18 Å². The average molecular weight is 499 g/mol. The summed E-state index contributed by atoms with van der Waals surface area (Å²) in [5.74, 6) is 2.46. The standard InChI is InChI=1S/C29H33F3N2O2/c30-29(31,32)21-8-12-23(13-9-21)36-24-14-15-33(16-24)28(35)27-25-17-34(18-26(25)27)22-10-6-20(7-11-22)19-4-2-1-3-5-19/h1-5,8-9,12-13,20,22,24-27H,6-7,10-11,14-18H2/t20?,22?,24?,25-,26+,27?. The molecule has 0 radical (unpaired) electrons. The van der Waals surface area contributed by atoms with Crippen molar-refractivity contribution < 1.29 is 22.7 Å². The minimum Gasteiger partial charge on any atom is -0.489 e. The highest BCUT2D eigenvalue weighted by atomic mass is 19.4. The predicted octanol–water partition coefficient (Wildman–Crippen LogP) is 5.59. The number of fused-ring (bicyclic) bond motifs is 1. The fraction of sp³-hybridized carbons (Fsp3) is 0.552. The second-order valence-electron chi connectivity index (χ2n) is 11.1. The minimum absolute atomic E-state index is 0.145. The topological polar surface area (TPSA) is 32.8 Å². The van der Waals surface area contributed by atoms with Gasteiger partial charge in [-0.05, 0) is 73.3 Å². The van der Waals surface area contributed by atoms with Crippen molar-refractivity contribution in [2.45, 2.75) is 56.3 Å². The summed E-state index contributed by atoms with van der Waals surface area (Å²) < 4.78 is 44.2. The van der Waals surface area contributed by atoms with E-state index in [1.165, 1.54) is 43.4 Å². The van der Waals surface area contributed by atoms with E-state index in [9.17, 15) is 18.0 Å². The lowest BCUT2D eigenvalue weighted by molar-refractivity contribution is -0.137. The van der Waals surface area contributed by atoms with Crippen LogP contribution in [0.15, 0.2) is 54.6 Å². The van der Waals surface area contributed by atoms with Crippen molar-refractivity contribution in [3.05, 3.63) is 65.7 Å². The highest BCUT2D eigenvalue weighted by Gasteiger charge is 2.61. The SMILES string of the molecule is O=C(C1[C@H]2CN(C3CCC(c4ccccc4)CC3)C[C@@H]12)N1CCC(Oc2ccc(C(F)(F)F)cc2)C1. The number of halogens is 3. The number of nitrogens with zero attached hydrogens (tertiary/aromatic N) is 2. The molecule has 0 N–H and O–H groups in total. The summed E-state index contributed by atoms with van der Waals surface area (Å²) in [6, 6.07) is 16.3. The van der Waals surface area contributed by atoms with E-state index in [0.717, 1.165) is 25.2 Å². The Morgan fingerprint density at radius 1 is 0.833 bits per heavy atom. The first kappa shape index (κ1) is 23.8. The molecule has 192 valence electrons. The maximum Gasteiger partial charge on any atom is 0.416 e. The number of hydrogen-bond acceptors (Lipinski definition) is 3. The van der Waals surface area contributed by atoms with Gasteiger partial charge in [-0.1, -0.05) is 30.3 Å². The Balaban J connectivity index is 0.952. The number of likely N-dealkylation sites (tertiary alicyclic amines) is 2. The molecule has 4 nitrogen and oxygen atoms in total. The molecule has 2 saturated carbocycles. The van der Waals surface area contributed by atoms with Crippen LogP contribution in [0.25, 0.3) is 0 Å². The van der Waals surface area contributed by atoms with Crippen molar-refractivity contribution in [3.8, 4) is 5.75 Å². The fourth-order valence-corrected chi connectivity index (χ4v) is 6.87. The molecule has 0 bridgehead atoms. The number of carbonyl (C=O) groups is 1. The molecule has 0 aromatic heterocycles. The summed E-state index contributed by atoms with van der Waals surface area (Å²) in [6.07, 6.45) is 1.17. The quantitative estimate of drug-likeness (QED) is 0.539. The summed E-state index contributed by atoms with van der Waals surface area (Å²) in [5.41, 5.74) is 0.786. The van der Waals surface area contributed by atoms with E-state index in [-0.39, 0.29) is 17.9 Å². The molecule has 4 atom stereocenters. The molecule has 2 heterocycles. The number of carbonyl (C=O) groups excluding carboxylic acids is 1. The Bertz CT molecular complexity index is 1050. The molecule has 2 unspecified atom stereocenters. The molecule has 7 heteroatoms. The van der Waals surface area contributed by atoms with E-state index >= 15 is 0 Å². The molecule has 6 rings (SSSR count). The molecular formula is C29H33F3N2O2. The molecule has 2 aromatic carbocycles. The second-order valence-corrected chi connectivity index (χ2v) is 11.1. The van der Waals surface area contributed by atoms with Gasteiger partial charge in [-0.25, -0.2) is 0 Å². The lowest BCUT2D eigenvalue weighted by Crippen LogP contribution is -2.40. The number of rotatable bonds is 5. The number of piperidine rings is 1. The molecule has 2 aliphatic heterocycles. The Hall–Kier alpha value is -2.54.